The van der Waals surface area contributed by atoms with Crippen LogP contribution in [0.5, 0.6) is 0 Å². The lowest BCUT2D eigenvalue weighted by Gasteiger charge is -2.26. The molecule has 268 valence electrons. The average Bonchev–Trinajstić information content (AvgIpc) is 3.03. The van der Waals surface area contributed by atoms with Gasteiger partial charge >= 0.3 is 11.9 Å². The van der Waals surface area contributed by atoms with Crippen molar-refractivity contribution in [1.82, 2.24) is 8.61 Å². The number of aliphatic carboxylic acids is 1. The van der Waals surface area contributed by atoms with Gasteiger partial charge in [-0.25, -0.2) is 26.4 Å². The number of carbonyl (C=O) groups is 2. The number of nitrogens with zero attached hydrogens (tertiary/aromatic N) is 2. The summed E-state index contributed by atoms with van der Waals surface area (Å²) >= 11 is 12.2. The highest BCUT2D eigenvalue weighted by Crippen LogP contribution is 2.27. The van der Waals surface area contributed by atoms with E-state index < -0.39 is 44.2 Å². The van der Waals surface area contributed by atoms with E-state index in [-0.39, 0.29) is 29.6 Å². The maximum atomic E-state index is 12.8. The van der Waals surface area contributed by atoms with E-state index in [1.54, 1.807) is 26.8 Å². The Morgan fingerprint density at radius 1 is 0.708 bits per heavy atom. The van der Waals surface area contributed by atoms with Crippen LogP contribution >= 0.6 is 23.2 Å². The number of carboxylic acids is 1. The molecule has 48 heavy (non-hydrogen) atoms. The van der Waals surface area contributed by atoms with Crippen molar-refractivity contribution >= 4 is 55.2 Å². The van der Waals surface area contributed by atoms with Gasteiger partial charge in [-0.05, 0) is 94.0 Å². The first kappa shape index (κ1) is 40.1. The zero-order valence-electron chi connectivity index (χ0n) is 27.5. The van der Waals surface area contributed by atoms with Crippen LogP contribution in [0.3, 0.4) is 0 Å². The zero-order chi connectivity index (χ0) is 35.5. The molecule has 2 aromatic carbocycles. The van der Waals surface area contributed by atoms with Gasteiger partial charge in [0.05, 0.1) is 23.0 Å². The van der Waals surface area contributed by atoms with Crippen molar-refractivity contribution in [3.63, 3.8) is 0 Å². The molecule has 2 aliphatic heterocycles. The minimum absolute atomic E-state index is 0.0292. The van der Waals surface area contributed by atoms with Crippen LogP contribution in [0.1, 0.15) is 70.4 Å². The molecule has 0 bridgehead atoms. The molecule has 0 spiro atoms. The molecule has 0 amide bonds. The monoisotopic (exact) mass is 750 g/mol. The lowest BCUT2D eigenvalue weighted by Crippen LogP contribution is -2.35. The molecule has 0 aromatic heterocycles. The van der Waals surface area contributed by atoms with Crippen LogP contribution in [-0.4, -0.2) is 87.5 Å². The molecule has 12 nitrogen and oxygen atoms in total. The number of hydrogen-bond donors (Lipinski definition) is 1. The van der Waals surface area contributed by atoms with Gasteiger partial charge in [-0.2, -0.15) is 8.61 Å². The second-order valence-electron chi connectivity index (χ2n) is 12.4. The van der Waals surface area contributed by atoms with E-state index in [2.05, 4.69) is 0 Å². The van der Waals surface area contributed by atoms with Crippen LogP contribution in [-0.2, 0) is 57.1 Å². The SMILES string of the molecule is CC(C)(C)OC(=O)COCc1cc(S(=O)(=O)N2CCCCC2)ccc1Cl.O=C(O)COCc1cc(S(=O)(=O)N2CCCCC2)ccc1Cl. The van der Waals surface area contributed by atoms with Crippen LogP contribution < -0.4 is 0 Å². The Balaban J connectivity index is 0.000000264. The van der Waals surface area contributed by atoms with Gasteiger partial charge in [0.1, 0.15) is 18.8 Å². The lowest BCUT2D eigenvalue weighted by molar-refractivity contribution is -0.160. The number of carbonyl (C=O) groups excluding carboxylic acids is 1. The molecule has 2 aliphatic rings. The summed E-state index contributed by atoms with van der Waals surface area (Å²) < 4.78 is 69.2. The maximum absolute atomic E-state index is 12.8. The molecule has 2 fully saturated rings. The van der Waals surface area contributed by atoms with Gasteiger partial charge in [0, 0.05) is 36.2 Å². The average molecular weight is 752 g/mol. The molecule has 4 rings (SSSR count). The van der Waals surface area contributed by atoms with Gasteiger partial charge in [0.25, 0.3) is 0 Å². The fourth-order valence-electron chi connectivity index (χ4n) is 5.02. The van der Waals surface area contributed by atoms with E-state index in [9.17, 15) is 26.4 Å². The third kappa shape index (κ3) is 12.2. The molecule has 0 saturated carbocycles. The predicted molar refractivity (Wildman–Crippen MR) is 181 cm³/mol. The highest BCUT2D eigenvalue weighted by atomic mass is 35.5. The van der Waals surface area contributed by atoms with Crippen molar-refractivity contribution in [2.24, 2.45) is 0 Å². The molecule has 0 aliphatic carbocycles. The fraction of sp³-hybridized carbons (Fsp3) is 0.562. The molecule has 0 unspecified atom stereocenters. The number of halogens is 2. The second-order valence-corrected chi connectivity index (χ2v) is 17.1. The first-order valence-corrected chi connectivity index (χ1v) is 19.3. The molecule has 2 heterocycles. The summed E-state index contributed by atoms with van der Waals surface area (Å²) in [5.41, 5.74) is 0.398. The van der Waals surface area contributed by atoms with Crippen molar-refractivity contribution in [3.05, 3.63) is 57.6 Å². The van der Waals surface area contributed by atoms with Crippen LogP contribution in [0.4, 0.5) is 0 Å². The Hall–Kier alpha value is -2.30. The lowest BCUT2D eigenvalue weighted by atomic mass is 10.2. The molecule has 0 radical (unpaired) electrons. The summed E-state index contributed by atoms with van der Waals surface area (Å²) in [4.78, 5) is 22.5. The fourth-order valence-corrected chi connectivity index (χ4v) is 8.50. The van der Waals surface area contributed by atoms with E-state index in [4.69, 9.17) is 42.5 Å². The first-order valence-electron chi connectivity index (χ1n) is 15.7. The second kappa shape index (κ2) is 18.1. The van der Waals surface area contributed by atoms with Crippen LogP contribution in [0.2, 0.25) is 10.0 Å². The Morgan fingerprint density at radius 2 is 1.10 bits per heavy atom. The molecule has 2 saturated heterocycles. The van der Waals surface area contributed by atoms with Crippen molar-refractivity contribution in [1.29, 1.82) is 0 Å². The van der Waals surface area contributed by atoms with E-state index in [1.165, 1.54) is 38.9 Å². The van der Waals surface area contributed by atoms with Crippen molar-refractivity contribution in [2.45, 2.75) is 87.9 Å². The molecular formula is C32H44Cl2N2O10S2. The van der Waals surface area contributed by atoms with Gasteiger partial charge in [0.2, 0.25) is 20.0 Å². The number of rotatable bonds is 12. The summed E-state index contributed by atoms with van der Waals surface area (Å²) in [6.45, 7) is 6.74. The van der Waals surface area contributed by atoms with Crippen molar-refractivity contribution in [2.75, 3.05) is 39.4 Å². The number of ether oxygens (including phenoxy) is 3. The maximum Gasteiger partial charge on any atom is 0.332 e. The van der Waals surface area contributed by atoms with E-state index >= 15 is 0 Å². The van der Waals surface area contributed by atoms with Gasteiger partial charge in [0.15, 0.2) is 0 Å². The number of benzene rings is 2. The molecule has 0 atom stereocenters. The summed E-state index contributed by atoms with van der Waals surface area (Å²) in [5, 5.41) is 9.30. The first-order chi connectivity index (χ1) is 22.5. The molecule has 2 aromatic rings. The Morgan fingerprint density at radius 3 is 1.48 bits per heavy atom. The van der Waals surface area contributed by atoms with Crippen molar-refractivity contribution in [3.8, 4) is 0 Å². The largest absolute Gasteiger partial charge is 0.480 e. The van der Waals surface area contributed by atoms with Crippen LogP contribution in [0.25, 0.3) is 0 Å². The van der Waals surface area contributed by atoms with E-state index in [1.807, 2.05) is 0 Å². The standard InChI is InChI=1S/C18H26ClNO5S.C14H18ClNO5S/c1-18(2,3)25-17(21)13-24-12-14-11-15(7-8-16(14)19)26(22,23)20-9-5-4-6-10-20;15-13-5-4-12(8-11(13)9-21-10-14(17)18)22(19,20)16-6-2-1-3-7-16/h7-8,11H,4-6,9-10,12-13H2,1-3H3;4-5,8H,1-3,6-7,9-10H2,(H,17,18). The third-order valence-electron chi connectivity index (χ3n) is 7.32. The van der Waals surface area contributed by atoms with Crippen LogP contribution in [0, 0.1) is 0 Å². The zero-order valence-corrected chi connectivity index (χ0v) is 30.6. The topological polar surface area (TPSA) is 157 Å². The minimum atomic E-state index is -3.54. The summed E-state index contributed by atoms with van der Waals surface area (Å²) in [7, 11) is -7.08. The molecular weight excluding hydrogens is 707 g/mol. The van der Waals surface area contributed by atoms with E-state index in [0.29, 0.717) is 47.4 Å². The highest BCUT2D eigenvalue weighted by Gasteiger charge is 2.28. The summed E-state index contributed by atoms with van der Waals surface area (Å²) in [6.07, 6.45) is 5.57. The quantitative estimate of drug-likeness (QED) is 0.275. The van der Waals surface area contributed by atoms with Crippen LogP contribution in [0.15, 0.2) is 46.2 Å². The van der Waals surface area contributed by atoms with E-state index in [0.717, 1.165) is 38.5 Å². The van der Waals surface area contributed by atoms with Crippen molar-refractivity contribution < 1.29 is 45.7 Å². The minimum Gasteiger partial charge on any atom is -0.480 e. The Bertz CT molecular complexity index is 1620. The highest BCUT2D eigenvalue weighted by molar-refractivity contribution is 7.89. The Labute approximate surface area is 293 Å². The normalized spacial score (nSPS) is 16.5. The number of sulfonamides is 2. The Kier molecular flexibility index (Phi) is 15.1. The summed E-state index contributed by atoms with van der Waals surface area (Å²) in [6, 6.07) is 8.98. The number of esters is 1. The van der Waals surface area contributed by atoms with Gasteiger partial charge < -0.3 is 19.3 Å². The van der Waals surface area contributed by atoms with Gasteiger partial charge in [-0.1, -0.05) is 36.0 Å². The van der Waals surface area contributed by atoms with Gasteiger partial charge in [-0.3, -0.25) is 0 Å². The molecule has 16 heteroatoms. The number of piperidine rings is 2. The third-order valence-corrected chi connectivity index (χ3v) is 11.8. The van der Waals surface area contributed by atoms with Gasteiger partial charge in [-0.15, -0.1) is 0 Å². The predicted octanol–water partition coefficient (Wildman–Crippen LogP) is 5.49. The number of carboxylic acid groups (broad SMARTS) is 1. The molecule has 1 N–H and O–H groups in total. The summed E-state index contributed by atoms with van der Waals surface area (Å²) in [5.74, 6) is -1.57. The number of hydrogen-bond acceptors (Lipinski definition) is 9. The smallest absolute Gasteiger partial charge is 0.332 e.